The fourth-order valence-corrected chi connectivity index (χ4v) is 2.07. The van der Waals surface area contributed by atoms with Gasteiger partial charge >= 0.3 is 5.97 Å². The van der Waals surface area contributed by atoms with Gasteiger partial charge in [-0.2, -0.15) is 0 Å². The molecule has 1 aromatic heterocycles. The lowest BCUT2D eigenvalue weighted by atomic mass is 10.2. The molecule has 0 saturated heterocycles. The molecule has 6 heteroatoms. The lowest BCUT2D eigenvalue weighted by Gasteiger charge is -2.19. The van der Waals surface area contributed by atoms with Crippen molar-refractivity contribution in [3.05, 3.63) is 18.1 Å². The number of nitrogens with one attached hydrogen (secondary N) is 1. The normalized spacial score (nSPS) is 11.2. The molecule has 112 valence electrons. The van der Waals surface area contributed by atoms with E-state index in [9.17, 15) is 4.79 Å². The van der Waals surface area contributed by atoms with E-state index in [0.717, 1.165) is 24.5 Å². The van der Waals surface area contributed by atoms with Gasteiger partial charge in [-0.25, -0.2) is 4.98 Å². The number of carbonyl (C=O) groups is 1. The highest BCUT2D eigenvalue weighted by molar-refractivity contribution is 7.99. The van der Waals surface area contributed by atoms with Crippen molar-refractivity contribution in [2.75, 3.05) is 17.6 Å². The van der Waals surface area contributed by atoms with E-state index in [1.54, 1.807) is 12.4 Å². The zero-order chi connectivity index (χ0) is 15.0. The Bertz CT molecular complexity index is 415. The Morgan fingerprint density at radius 1 is 1.35 bits per heavy atom. The predicted molar refractivity (Wildman–Crippen MR) is 82.8 cm³/mol. The molecule has 20 heavy (non-hydrogen) atoms. The fraction of sp³-hybridized carbons (Fsp3) is 0.643. The van der Waals surface area contributed by atoms with Gasteiger partial charge in [0.2, 0.25) is 0 Å². The number of hydrogen-bond acceptors (Lipinski definition) is 6. The summed E-state index contributed by atoms with van der Waals surface area (Å²) in [6.07, 6.45) is 4.51. The van der Waals surface area contributed by atoms with Crippen LogP contribution < -0.4 is 5.32 Å². The number of nitrogens with zero attached hydrogens (tertiary/aromatic N) is 2. The van der Waals surface area contributed by atoms with E-state index in [-0.39, 0.29) is 5.97 Å². The maximum absolute atomic E-state index is 11.5. The summed E-state index contributed by atoms with van der Waals surface area (Å²) in [5.74, 6) is 1.57. The van der Waals surface area contributed by atoms with Crippen molar-refractivity contribution in [2.24, 2.45) is 0 Å². The third-order valence-corrected chi connectivity index (χ3v) is 3.09. The standard InChI is InChI=1S/C14H23N3O2S/c1-5-6-15-12-8-16-11(7-17-12)9-20-10-13(18)19-14(2,3)4/h7-8H,5-6,9-10H2,1-4H3,(H,15,17). The molecule has 5 nitrogen and oxygen atoms in total. The molecule has 0 aliphatic rings. The number of rotatable bonds is 7. The van der Waals surface area contributed by atoms with Gasteiger partial charge in [0.15, 0.2) is 0 Å². The van der Waals surface area contributed by atoms with Crippen LogP contribution in [0.4, 0.5) is 5.82 Å². The molecule has 0 amide bonds. The molecule has 1 N–H and O–H groups in total. The van der Waals surface area contributed by atoms with E-state index in [2.05, 4.69) is 22.2 Å². The van der Waals surface area contributed by atoms with E-state index < -0.39 is 5.60 Å². The molecule has 0 unspecified atom stereocenters. The molecule has 1 rings (SSSR count). The average molecular weight is 297 g/mol. The first-order valence-electron chi connectivity index (χ1n) is 6.75. The van der Waals surface area contributed by atoms with Crippen molar-refractivity contribution in [1.82, 2.24) is 9.97 Å². The van der Waals surface area contributed by atoms with Crippen molar-refractivity contribution in [3.63, 3.8) is 0 Å². The largest absolute Gasteiger partial charge is 0.459 e. The Hall–Kier alpha value is -1.30. The number of anilines is 1. The van der Waals surface area contributed by atoms with Crippen molar-refractivity contribution in [2.45, 2.75) is 45.5 Å². The van der Waals surface area contributed by atoms with Crippen LogP contribution in [-0.4, -0.2) is 33.8 Å². The molecule has 0 aromatic carbocycles. The maximum atomic E-state index is 11.5. The molecular formula is C14H23N3O2S. The van der Waals surface area contributed by atoms with Crippen LogP contribution in [0.15, 0.2) is 12.4 Å². The number of ether oxygens (including phenoxy) is 1. The number of thioether (sulfide) groups is 1. The van der Waals surface area contributed by atoms with Crippen LogP contribution in [0.5, 0.6) is 0 Å². The van der Waals surface area contributed by atoms with E-state index >= 15 is 0 Å². The summed E-state index contributed by atoms with van der Waals surface area (Å²) in [5.41, 5.74) is 0.435. The quantitative estimate of drug-likeness (QED) is 0.781. The first-order chi connectivity index (χ1) is 9.40. The Labute approximate surface area is 124 Å². The minimum Gasteiger partial charge on any atom is -0.459 e. The molecule has 0 spiro atoms. The van der Waals surface area contributed by atoms with Crippen molar-refractivity contribution < 1.29 is 9.53 Å². The van der Waals surface area contributed by atoms with Crippen LogP contribution in [0.2, 0.25) is 0 Å². The van der Waals surface area contributed by atoms with Crippen LogP contribution in [0.25, 0.3) is 0 Å². The molecule has 0 radical (unpaired) electrons. The van der Waals surface area contributed by atoms with Crippen LogP contribution >= 0.6 is 11.8 Å². The van der Waals surface area contributed by atoms with Crippen molar-refractivity contribution >= 4 is 23.5 Å². The maximum Gasteiger partial charge on any atom is 0.316 e. The van der Waals surface area contributed by atoms with E-state index in [1.165, 1.54) is 11.8 Å². The first-order valence-corrected chi connectivity index (χ1v) is 7.90. The predicted octanol–water partition coefficient (Wildman–Crippen LogP) is 2.87. The van der Waals surface area contributed by atoms with Crippen molar-refractivity contribution in [1.29, 1.82) is 0 Å². The highest BCUT2D eigenvalue weighted by Gasteiger charge is 2.15. The van der Waals surface area contributed by atoms with Gasteiger partial charge in [0.1, 0.15) is 11.4 Å². The minimum absolute atomic E-state index is 0.198. The second kappa shape index (κ2) is 8.09. The second-order valence-corrected chi connectivity index (χ2v) is 6.38. The molecule has 0 bridgehead atoms. The van der Waals surface area contributed by atoms with Gasteiger partial charge in [-0.15, -0.1) is 11.8 Å². The summed E-state index contributed by atoms with van der Waals surface area (Å²) in [6, 6.07) is 0. The Morgan fingerprint density at radius 2 is 2.10 bits per heavy atom. The molecule has 0 atom stereocenters. The molecule has 0 aliphatic carbocycles. The van der Waals surface area contributed by atoms with Gasteiger partial charge in [-0.1, -0.05) is 6.92 Å². The summed E-state index contributed by atoms with van der Waals surface area (Å²) in [4.78, 5) is 20.1. The molecular weight excluding hydrogens is 274 g/mol. The zero-order valence-corrected chi connectivity index (χ0v) is 13.4. The molecule has 1 heterocycles. The Morgan fingerprint density at radius 3 is 2.65 bits per heavy atom. The van der Waals surface area contributed by atoms with Gasteiger partial charge < -0.3 is 10.1 Å². The fourth-order valence-electron chi connectivity index (χ4n) is 1.38. The molecule has 0 fully saturated rings. The summed E-state index contributed by atoms with van der Waals surface area (Å²) < 4.78 is 5.23. The van der Waals surface area contributed by atoms with E-state index in [0.29, 0.717) is 11.5 Å². The van der Waals surface area contributed by atoms with Gasteiger partial charge in [0.25, 0.3) is 0 Å². The van der Waals surface area contributed by atoms with Crippen LogP contribution in [0.1, 0.15) is 39.8 Å². The van der Waals surface area contributed by atoms with Crippen molar-refractivity contribution in [3.8, 4) is 0 Å². The Kier molecular flexibility index (Phi) is 6.78. The third-order valence-electron chi connectivity index (χ3n) is 2.15. The van der Waals surface area contributed by atoms with Gasteiger partial charge in [0, 0.05) is 12.3 Å². The van der Waals surface area contributed by atoms with Crippen LogP contribution in [-0.2, 0) is 15.3 Å². The number of aromatic nitrogens is 2. The number of hydrogen-bond donors (Lipinski definition) is 1. The monoisotopic (exact) mass is 297 g/mol. The lowest BCUT2D eigenvalue weighted by molar-refractivity contribution is -0.151. The van der Waals surface area contributed by atoms with Gasteiger partial charge in [-0.3, -0.25) is 9.78 Å². The summed E-state index contributed by atoms with van der Waals surface area (Å²) in [5, 5.41) is 3.17. The van der Waals surface area contributed by atoms with Gasteiger partial charge in [-0.05, 0) is 27.2 Å². The number of esters is 1. The summed E-state index contributed by atoms with van der Waals surface area (Å²) in [7, 11) is 0. The van der Waals surface area contributed by atoms with Crippen LogP contribution in [0.3, 0.4) is 0 Å². The zero-order valence-electron chi connectivity index (χ0n) is 12.6. The van der Waals surface area contributed by atoms with E-state index in [1.807, 2.05) is 20.8 Å². The highest BCUT2D eigenvalue weighted by atomic mass is 32.2. The van der Waals surface area contributed by atoms with Gasteiger partial charge in [0.05, 0.1) is 23.8 Å². The van der Waals surface area contributed by atoms with Crippen LogP contribution in [0, 0.1) is 0 Å². The number of carbonyl (C=O) groups excluding carboxylic acids is 1. The third kappa shape index (κ3) is 7.33. The second-order valence-electron chi connectivity index (χ2n) is 5.40. The molecule has 0 saturated carbocycles. The lowest BCUT2D eigenvalue weighted by Crippen LogP contribution is -2.24. The smallest absolute Gasteiger partial charge is 0.316 e. The summed E-state index contributed by atoms with van der Waals surface area (Å²) in [6.45, 7) is 8.58. The Balaban J connectivity index is 2.30. The first kappa shape index (κ1) is 16.8. The SMILES string of the molecule is CCCNc1cnc(CSCC(=O)OC(C)(C)C)cn1. The molecule has 0 aliphatic heterocycles. The molecule has 1 aromatic rings. The van der Waals surface area contributed by atoms with E-state index in [4.69, 9.17) is 4.74 Å². The summed E-state index contributed by atoms with van der Waals surface area (Å²) >= 11 is 1.48. The highest BCUT2D eigenvalue weighted by Crippen LogP contribution is 2.13. The minimum atomic E-state index is -0.427. The average Bonchev–Trinajstić information content (AvgIpc) is 2.35. The topological polar surface area (TPSA) is 64.1 Å².